The second-order valence-corrected chi connectivity index (χ2v) is 6.08. The molecule has 5 heteroatoms. The minimum Gasteiger partial charge on any atom is -0.478 e. The second-order valence-electron chi connectivity index (χ2n) is 3.98. The van der Waals surface area contributed by atoms with Crippen molar-refractivity contribution in [3.8, 4) is 0 Å². The van der Waals surface area contributed by atoms with Crippen molar-refractivity contribution < 1.29 is 9.90 Å². The highest BCUT2D eigenvalue weighted by Crippen LogP contribution is 2.21. The number of aromatic carboxylic acids is 1. The summed E-state index contributed by atoms with van der Waals surface area (Å²) >= 11 is 5.66. The fourth-order valence-corrected chi connectivity index (χ4v) is 2.68. The largest absolute Gasteiger partial charge is 0.478 e. The molecular formula is C14H11BrINO2. The van der Waals surface area contributed by atoms with Crippen molar-refractivity contribution in [2.75, 3.05) is 5.32 Å². The minimum atomic E-state index is -0.919. The van der Waals surface area contributed by atoms with Crippen molar-refractivity contribution in [3.05, 3.63) is 61.6 Å². The lowest BCUT2D eigenvalue weighted by molar-refractivity contribution is 0.0697. The third-order valence-electron chi connectivity index (χ3n) is 2.61. The van der Waals surface area contributed by atoms with Crippen LogP contribution in [0.15, 0.2) is 46.9 Å². The van der Waals surface area contributed by atoms with Gasteiger partial charge in [0.05, 0.1) is 5.56 Å². The molecule has 0 unspecified atom stereocenters. The predicted molar refractivity (Wildman–Crippen MR) is 87.6 cm³/mol. The molecule has 0 aliphatic carbocycles. The number of hydrogen-bond acceptors (Lipinski definition) is 2. The number of rotatable bonds is 4. The summed E-state index contributed by atoms with van der Waals surface area (Å²) in [4.78, 5) is 10.8. The standard InChI is InChI=1S/C14H11BrINO2/c15-13-6-9(14(18)19)4-5-10(13)8-17-12-3-1-2-11(16)7-12/h1-7,17H,8H2,(H,18,19). The van der Waals surface area contributed by atoms with E-state index in [1.807, 2.05) is 24.3 Å². The number of benzene rings is 2. The molecule has 0 aliphatic rings. The van der Waals surface area contributed by atoms with Crippen molar-refractivity contribution in [1.29, 1.82) is 0 Å². The van der Waals surface area contributed by atoms with Gasteiger partial charge in [-0.25, -0.2) is 4.79 Å². The first kappa shape index (κ1) is 14.3. The Morgan fingerprint density at radius 3 is 2.68 bits per heavy atom. The van der Waals surface area contributed by atoms with Crippen LogP contribution in [0.5, 0.6) is 0 Å². The highest BCUT2D eigenvalue weighted by atomic mass is 127. The van der Waals surface area contributed by atoms with Crippen LogP contribution in [-0.4, -0.2) is 11.1 Å². The maximum atomic E-state index is 10.8. The Labute approximate surface area is 133 Å². The first-order valence-electron chi connectivity index (χ1n) is 5.57. The maximum absolute atomic E-state index is 10.8. The number of nitrogens with one attached hydrogen (secondary N) is 1. The fraction of sp³-hybridized carbons (Fsp3) is 0.0714. The molecule has 0 spiro atoms. The molecule has 2 aromatic carbocycles. The summed E-state index contributed by atoms with van der Waals surface area (Å²) in [7, 11) is 0. The van der Waals surface area contributed by atoms with Gasteiger partial charge in [-0.3, -0.25) is 0 Å². The Hall–Kier alpha value is -1.08. The van der Waals surface area contributed by atoms with Gasteiger partial charge in [0.2, 0.25) is 0 Å². The summed E-state index contributed by atoms with van der Waals surface area (Å²) in [6, 6.07) is 13.1. The zero-order valence-corrected chi connectivity index (χ0v) is 13.6. The van der Waals surface area contributed by atoms with Gasteiger partial charge in [-0.1, -0.05) is 28.1 Å². The topological polar surface area (TPSA) is 49.3 Å². The molecule has 0 heterocycles. The highest BCUT2D eigenvalue weighted by Gasteiger charge is 2.06. The molecule has 0 aliphatic heterocycles. The van der Waals surface area contributed by atoms with E-state index in [4.69, 9.17) is 5.11 Å². The Bertz CT molecular complexity index is 616. The van der Waals surface area contributed by atoms with Crippen LogP contribution in [0, 0.1) is 3.57 Å². The minimum absolute atomic E-state index is 0.282. The summed E-state index contributed by atoms with van der Waals surface area (Å²) in [5.41, 5.74) is 2.34. The number of halogens is 2. The summed E-state index contributed by atoms with van der Waals surface area (Å²) in [5, 5.41) is 12.2. The third-order valence-corrected chi connectivity index (χ3v) is 4.02. The fourth-order valence-electron chi connectivity index (χ4n) is 1.62. The monoisotopic (exact) mass is 431 g/mol. The molecule has 0 radical (unpaired) electrons. The van der Waals surface area contributed by atoms with Crippen molar-refractivity contribution >= 4 is 50.2 Å². The van der Waals surface area contributed by atoms with E-state index in [1.54, 1.807) is 12.1 Å². The molecule has 0 saturated carbocycles. The summed E-state index contributed by atoms with van der Waals surface area (Å²) in [6.45, 7) is 0.639. The molecule has 19 heavy (non-hydrogen) atoms. The van der Waals surface area contributed by atoms with Crippen LogP contribution in [0.3, 0.4) is 0 Å². The normalized spacial score (nSPS) is 10.2. The molecule has 2 N–H and O–H groups in total. The molecule has 2 aromatic rings. The molecule has 98 valence electrons. The van der Waals surface area contributed by atoms with Gasteiger partial charge in [-0.2, -0.15) is 0 Å². The van der Waals surface area contributed by atoms with Gasteiger partial charge in [0.15, 0.2) is 0 Å². The van der Waals surface area contributed by atoms with Gasteiger partial charge in [-0.05, 0) is 58.5 Å². The summed E-state index contributed by atoms with van der Waals surface area (Å²) < 4.78 is 1.97. The quantitative estimate of drug-likeness (QED) is 0.707. The van der Waals surface area contributed by atoms with Crippen LogP contribution in [0.25, 0.3) is 0 Å². The van der Waals surface area contributed by atoms with E-state index in [1.165, 1.54) is 3.57 Å². The van der Waals surface area contributed by atoms with E-state index in [0.717, 1.165) is 15.7 Å². The molecule has 0 fully saturated rings. The Balaban J connectivity index is 2.10. The Morgan fingerprint density at radius 2 is 2.05 bits per heavy atom. The van der Waals surface area contributed by atoms with Crippen molar-refractivity contribution in [3.63, 3.8) is 0 Å². The molecule has 2 rings (SSSR count). The molecule has 3 nitrogen and oxygen atoms in total. The third kappa shape index (κ3) is 3.94. The Kier molecular flexibility index (Phi) is 4.81. The van der Waals surface area contributed by atoms with Crippen LogP contribution in [-0.2, 0) is 6.54 Å². The average molecular weight is 432 g/mol. The molecule has 0 aromatic heterocycles. The second kappa shape index (κ2) is 6.38. The average Bonchev–Trinajstić information content (AvgIpc) is 2.37. The van der Waals surface area contributed by atoms with E-state index in [0.29, 0.717) is 6.54 Å². The zero-order chi connectivity index (χ0) is 13.8. The van der Waals surface area contributed by atoms with Crippen LogP contribution >= 0.6 is 38.5 Å². The van der Waals surface area contributed by atoms with Crippen LogP contribution in [0.2, 0.25) is 0 Å². The molecule has 0 bridgehead atoms. The first-order valence-corrected chi connectivity index (χ1v) is 7.44. The number of carbonyl (C=O) groups is 1. The van der Waals surface area contributed by atoms with Crippen molar-refractivity contribution in [2.24, 2.45) is 0 Å². The zero-order valence-electron chi connectivity index (χ0n) is 9.86. The number of carboxylic acid groups (broad SMARTS) is 1. The summed E-state index contributed by atoms with van der Waals surface area (Å²) in [5.74, 6) is -0.919. The lowest BCUT2D eigenvalue weighted by atomic mass is 10.1. The van der Waals surface area contributed by atoms with Crippen LogP contribution in [0.4, 0.5) is 5.69 Å². The van der Waals surface area contributed by atoms with Gasteiger partial charge in [0.1, 0.15) is 0 Å². The van der Waals surface area contributed by atoms with E-state index < -0.39 is 5.97 Å². The van der Waals surface area contributed by atoms with Crippen molar-refractivity contribution in [2.45, 2.75) is 6.54 Å². The van der Waals surface area contributed by atoms with E-state index in [-0.39, 0.29) is 5.56 Å². The van der Waals surface area contributed by atoms with Crippen molar-refractivity contribution in [1.82, 2.24) is 0 Å². The molecule has 0 saturated heterocycles. The Morgan fingerprint density at radius 1 is 1.26 bits per heavy atom. The predicted octanol–water partition coefficient (Wildman–Crippen LogP) is 4.36. The van der Waals surface area contributed by atoms with Gasteiger partial charge in [-0.15, -0.1) is 0 Å². The number of anilines is 1. The maximum Gasteiger partial charge on any atom is 0.335 e. The van der Waals surface area contributed by atoms with Gasteiger partial charge < -0.3 is 10.4 Å². The van der Waals surface area contributed by atoms with E-state index in [2.05, 4.69) is 49.9 Å². The number of hydrogen-bond donors (Lipinski definition) is 2. The summed E-state index contributed by atoms with van der Waals surface area (Å²) in [6.07, 6.45) is 0. The van der Waals surface area contributed by atoms with E-state index in [9.17, 15) is 4.79 Å². The lowest BCUT2D eigenvalue weighted by Gasteiger charge is -2.09. The van der Waals surface area contributed by atoms with Gasteiger partial charge >= 0.3 is 5.97 Å². The smallest absolute Gasteiger partial charge is 0.335 e. The first-order chi connectivity index (χ1) is 9.06. The molecule has 0 atom stereocenters. The van der Waals surface area contributed by atoms with E-state index >= 15 is 0 Å². The lowest BCUT2D eigenvalue weighted by Crippen LogP contribution is -2.02. The number of carboxylic acids is 1. The van der Waals surface area contributed by atoms with Gasteiger partial charge in [0.25, 0.3) is 0 Å². The highest BCUT2D eigenvalue weighted by molar-refractivity contribution is 14.1. The molecule has 0 amide bonds. The van der Waals surface area contributed by atoms with Crippen LogP contribution < -0.4 is 5.32 Å². The van der Waals surface area contributed by atoms with Crippen LogP contribution in [0.1, 0.15) is 15.9 Å². The van der Waals surface area contributed by atoms with Gasteiger partial charge in [0, 0.05) is 20.3 Å². The SMILES string of the molecule is O=C(O)c1ccc(CNc2cccc(I)c2)c(Br)c1. The molecular weight excluding hydrogens is 421 g/mol.